The molecule has 0 saturated heterocycles. The van der Waals surface area contributed by atoms with Gasteiger partial charge in [0.15, 0.2) is 5.78 Å². The molecule has 27 heavy (non-hydrogen) atoms. The van der Waals surface area contributed by atoms with Crippen molar-refractivity contribution in [1.29, 1.82) is 0 Å². The summed E-state index contributed by atoms with van der Waals surface area (Å²) in [5, 5.41) is 6.18. The Bertz CT molecular complexity index is 794. The van der Waals surface area contributed by atoms with Crippen LogP contribution in [0, 0.1) is 5.92 Å². The Hall–Kier alpha value is -2.60. The Labute approximate surface area is 159 Å². The maximum atomic E-state index is 12.6. The Balaban J connectivity index is 1.53. The molecule has 144 valence electrons. The van der Waals surface area contributed by atoms with Crippen LogP contribution in [0.15, 0.2) is 30.5 Å². The van der Waals surface area contributed by atoms with Crippen LogP contribution in [0.5, 0.6) is 5.75 Å². The van der Waals surface area contributed by atoms with Gasteiger partial charge in [0, 0.05) is 30.5 Å². The first-order chi connectivity index (χ1) is 13.0. The number of aromatic amines is 1. The zero-order chi connectivity index (χ0) is 19.2. The fourth-order valence-electron chi connectivity index (χ4n) is 3.18. The predicted octanol–water partition coefficient (Wildman–Crippen LogP) is 3.41. The van der Waals surface area contributed by atoms with Crippen LogP contribution >= 0.6 is 0 Å². The number of Topliss-reactive ketones (excluding diaryl/α,β-unsaturated/α-hetero) is 1. The van der Waals surface area contributed by atoms with Crippen molar-refractivity contribution in [2.45, 2.75) is 33.1 Å². The van der Waals surface area contributed by atoms with Crippen molar-refractivity contribution < 1.29 is 14.3 Å². The molecule has 0 unspecified atom stereocenters. The van der Waals surface area contributed by atoms with Crippen LogP contribution in [0.25, 0.3) is 0 Å². The number of hydrogen-bond acceptors (Lipinski definition) is 4. The van der Waals surface area contributed by atoms with Gasteiger partial charge >= 0.3 is 0 Å². The molecule has 0 atom stereocenters. The summed E-state index contributed by atoms with van der Waals surface area (Å²) in [6.07, 6.45) is 3.78. The average Bonchev–Trinajstić information content (AvgIpc) is 3.08. The summed E-state index contributed by atoms with van der Waals surface area (Å²) in [7, 11) is 0. The number of nitrogens with one attached hydrogen (secondary N) is 3. The van der Waals surface area contributed by atoms with E-state index in [4.69, 9.17) is 4.74 Å². The number of ether oxygens (including phenoxy) is 1. The highest BCUT2D eigenvalue weighted by Crippen LogP contribution is 2.25. The monoisotopic (exact) mass is 369 g/mol. The van der Waals surface area contributed by atoms with Crippen LogP contribution in [0.2, 0.25) is 0 Å². The average molecular weight is 369 g/mol. The minimum atomic E-state index is -0.269. The normalized spacial score (nSPS) is 13.5. The molecule has 1 aromatic carbocycles. The summed E-state index contributed by atoms with van der Waals surface area (Å²) in [6, 6.07) is 7.26. The molecule has 6 nitrogen and oxygen atoms in total. The van der Waals surface area contributed by atoms with E-state index in [2.05, 4.69) is 29.5 Å². The lowest BCUT2D eigenvalue weighted by Crippen LogP contribution is -2.24. The second-order valence-corrected chi connectivity index (χ2v) is 7.26. The van der Waals surface area contributed by atoms with Gasteiger partial charge in [-0.15, -0.1) is 0 Å². The Morgan fingerprint density at radius 3 is 2.74 bits per heavy atom. The van der Waals surface area contributed by atoms with Gasteiger partial charge in [0.2, 0.25) is 0 Å². The van der Waals surface area contributed by atoms with Crippen molar-refractivity contribution in [2.75, 3.05) is 25.0 Å². The molecule has 0 radical (unpaired) electrons. The van der Waals surface area contributed by atoms with Crippen molar-refractivity contribution in [3.63, 3.8) is 0 Å². The number of ketones is 1. The highest BCUT2D eigenvalue weighted by Gasteiger charge is 2.25. The number of H-pyrrole nitrogens is 1. The summed E-state index contributed by atoms with van der Waals surface area (Å²) < 4.78 is 5.68. The molecule has 3 N–H and O–H groups in total. The van der Waals surface area contributed by atoms with Gasteiger partial charge in [-0.25, -0.2) is 0 Å². The number of hydrogen-bond donors (Lipinski definition) is 3. The molecular weight excluding hydrogens is 342 g/mol. The lowest BCUT2D eigenvalue weighted by atomic mass is 9.93. The van der Waals surface area contributed by atoms with Gasteiger partial charge in [0.25, 0.3) is 5.91 Å². The minimum absolute atomic E-state index is 0.0393. The first-order valence-corrected chi connectivity index (χ1v) is 9.53. The highest BCUT2D eigenvalue weighted by molar-refractivity contribution is 6.13. The molecule has 0 saturated carbocycles. The van der Waals surface area contributed by atoms with Crippen molar-refractivity contribution in [1.82, 2.24) is 10.3 Å². The molecule has 0 bridgehead atoms. The third-order valence-electron chi connectivity index (χ3n) is 4.53. The van der Waals surface area contributed by atoms with Crippen LogP contribution in [0.4, 0.5) is 5.69 Å². The lowest BCUT2D eigenvalue weighted by molar-refractivity contribution is 0.0956. The molecule has 1 aliphatic rings. The smallest absolute Gasteiger partial charge is 0.257 e. The molecule has 2 aromatic rings. The number of amides is 1. The van der Waals surface area contributed by atoms with Crippen LogP contribution in [-0.2, 0) is 6.42 Å². The number of aromatic nitrogens is 1. The zero-order valence-corrected chi connectivity index (χ0v) is 15.9. The Morgan fingerprint density at radius 1 is 1.22 bits per heavy atom. The van der Waals surface area contributed by atoms with Gasteiger partial charge in [0.05, 0.1) is 11.1 Å². The van der Waals surface area contributed by atoms with E-state index in [1.54, 1.807) is 18.3 Å². The molecule has 1 aliphatic carbocycles. The molecule has 1 aromatic heterocycles. The number of carbonyl (C=O) groups excluding carboxylic acids is 2. The topological polar surface area (TPSA) is 83.2 Å². The standard InChI is InChI=1S/C21H27N3O3/c1-14(2)12-22-10-11-27-16-8-6-15(7-9-16)24-21(26)17-13-23-18-4-3-5-19(25)20(17)18/h6-9,13-14,22-23H,3-5,10-12H2,1-2H3,(H,24,26). The van der Waals surface area contributed by atoms with Crippen LogP contribution < -0.4 is 15.4 Å². The third-order valence-corrected chi connectivity index (χ3v) is 4.53. The van der Waals surface area contributed by atoms with Crippen LogP contribution in [0.3, 0.4) is 0 Å². The number of anilines is 1. The van der Waals surface area contributed by atoms with E-state index in [0.717, 1.165) is 37.4 Å². The van der Waals surface area contributed by atoms with E-state index >= 15 is 0 Å². The second-order valence-electron chi connectivity index (χ2n) is 7.26. The first-order valence-electron chi connectivity index (χ1n) is 9.53. The number of aryl methyl sites for hydroxylation is 1. The number of rotatable bonds is 8. The zero-order valence-electron chi connectivity index (χ0n) is 15.9. The number of fused-ring (bicyclic) bond motifs is 1. The maximum absolute atomic E-state index is 12.6. The molecule has 3 rings (SSSR count). The van der Waals surface area contributed by atoms with Gasteiger partial charge in [-0.1, -0.05) is 13.8 Å². The third kappa shape index (κ3) is 4.98. The fraction of sp³-hybridized carbons (Fsp3) is 0.429. The van der Waals surface area contributed by atoms with Gasteiger partial charge in [-0.05, 0) is 49.6 Å². The first kappa shape index (κ1) is 19.2. The molecule has 0 aliphatic heterocycles. The SMILES string of the molecule is CC(C)CNCCOc1ccc(NC(=O)c2c[nH]c3c2C(=O)CCC3)cc1. The molecule has 6 heteroatoms. The quantitative estimate of drug-likeness (QED) is 0.623. The molecule has 0 fully saturated rings. The Morgan fingerprint density at radius 2 is 2.00 bits per heavy atom. The van der Waals surface area contributed by atoms with Gasteiger partial charge < -0.3 is 20.4 Å². The van der Waals surface area contributed by atoms with Gasteiger partial charge in [-0.2, -0.15) is 0 Å². The summed E-state index contributed by atoms with van der Waals surface area (Å²) in [5.74, 6) is 1.15. The van der Waals surface area contributed by atoms with Crippen molar-refractivity contribution in [3.05, 3.63) is 47.3 Å². The van der Waals surface area contributed by atoms with E-state index in [1.165, 1.54) is 0 Å². The van der Waals surface area contributed by atoms with Crippen molar-refractivity contribution in [3.8, 4) is 5.75 Å². The summed E-state index contributed by atoms with van der Waals surface area (Å²) in [4.78, 5) is 27.8. The fourth-order valence-corrected chi connectivity index (χ4v) is 3.18. The van der Waals surface area contributed by atoms with Crippen LogP contribution in [0.1, 0.15) is 53.1 Å². The largest absolute Gasteiger partial charge is 0.492 e. The molecule has 1 amide bonds. The number of carbonyl (C=O) groups is 2. The lowest BCUT2D eigenvalue weighted by Gasteiger charge is -2.12. The van der Waals surface area contributed by atoms with Crippen molar-refractivity contribution in [2.24, 2.45) is 5.92 Å². The summed E-state index contributed by atoms with van der Waals surface area (Å²) in [5.41, 5.74) is 2.51. The van der Waals surface area contributed by atoms with E-state index in [-0.39, 0.29) is 11.7 Å². The molecular formula is C21H27N3O3. The minimum Gasteiger partial charge on any atom is -0.492 e. The van der Waals surface area contributed by atoms with E-state index in [0.29, 0.717) is 35.8 Å². The van der Waals surface area contributed by atoms with E-state index in [9.17, 15) is 9.59 Å². The summed E-state index contributed by atoms with van der Waals surface area (Å²) in [6.45, 7) is 6.69. The molecule has 0 spiro atoms. The van der Waals surface area contributed by atoms with E-state index in [1.807, 2.05) is 12.1 Å². The predicted molar refractivity (Wildman–Crippen MR) is 106 cm³/mol. The van der Waals surface area contributed by atoms with Crippen molar-refractivity contribution >= 4 is 17.4 Å². The highest BCUT2D eigenvalue weighted by atomic mass is 16.5. The molecule has 1 heterocycles. The van der Waals surface area contributed by atoms with Gasteiger partial charge in [0.1, 0.15) is 12.4 Å². The second kappa shape index (κ2) is 8.86. The maximum Gasteiger partial charge on any atom is 0.257 e. The Kier molecular flexibility index (Phi) is 6.29. The van der Waals surface area contributed by atoms with Gasteiger partial charge in [-0.3, -0.25) is 9.59 Å². The van der Waals surface area contributed by atoms with Crippen LogP contribution in [-0.4, -0.2) is 36.4 Å². The number of benzene rings is 1. The van der Waals surface area contributed by atoms with E-state index < -0.39 is 0 Å². The summed E-state index contributed by atoms with van der Waals surface area (Å²) >= 11 is 0.